The molecule has 0 radical (unpaired) electrons. The van der Waals surface area contributed by atoms with Gasteiger partial charge in [0.2, 0.25) is 11.8 Å². The molecule has 2 aliphatic rings. The number of carbonyl (C=O) groups excluding carboxylic acids is 2. The molecule has 2 fully saturated rings. The van der Waals surface area contributed by atoms with E-state index in [2.05, 4.69) is 32.0 Å². The third-order valence-electron chi connectivity index (χ3n) is 4.25. The lowest BCUT2D eigenvalue weighted by molar-refractivity contribution is -0.127. The maximum atomic E-state index is 11.9. The number of carbonyl (C=O) groups is 2. The lowest BCUT2D eigenvalue weighted by atomic mass is 10.3. The van der Waals surface area contributed by atoms with E-state index in [0.29, 0.717) is 19.1 Å². The van der Waals surface area contributed by atoms with Crippen molar-refractivity contribution in [2.45, 2.75) is 18.9 Å². The Morgan fingerprint density at radius 3 is 2.42 bits per heavy atom. The summed E-state index contributed by atoms with van der Waals surface area (Å²) in [6, 6.07) is 0.407. The first kappa shape index (κ1) is 22.7. The van der Waals surface area contributed by atoms with Gasteiger partial charge in [0.15, 0.2) is 5.96 Å². The predicted octanol–water partition coefficient (Wildman–Crippen LogP) is -0.280. The highest BCUT2D eigenvalue weighted by Gasteiger charge is 2.26. The first-order chi connectivity index (χ1) is 12.0. The van der Waals surface area contributed by atoms with E-state index in [-0.39, 0.29) is 42.3 Å². The molecule has 26 heavy (non-hydrogen) atoms. The Morgan fingerprint density at radius 2 is 1.88 bits per heavy atom. The zero-order valence-electron chi connectivity index (χ0n) is 15.7. The summed E-state index contributed by atoms with van der Waals surface area (Å²) in [5, 5.41) is 6.24. The summed E-state index contributed by atoms with van der Waals surface area (Å²) in [6.07, 6.45) is 3.99. The molecule has 1 aliphatic heterocycles. The van der Waals surface area contributed by atoms with Gasteiger partial charge in [-0.2, -0.15) is 0 Å². The fourth-order valence-corrected chi connectivity index (χ4v) is 2.54. The number of rotatable bonds is 7. The molecule has 1 aliphatic carbocycles. The van der Waals surface area contributed by atoms with Gasteiger partial charge in [0.05, 0.1) is 6.54 Å². The second-order valence-electron chi connectivity index (χ2n) is 6.70. The van der Waals surface area contributed by atoms with Gasteiger partial charge in [-0.05, 0) is 12.8 Å². The molecule has 148 valence electrons. The highest BCUT2D eigenvalue weighted by atomic mass is 127. The van der Waals surface area contributed by atoms with Gasteiger partial charge in [0.1, 0.15) is 6.54 Å². The van der Waals surface area contributed by atoms with E-state index in [1.54, 1.807) is 20.2 Å². The van der Waals surface area contributed by atoms with Crippen molar-refractivity contribution in [3.05, 3.63) is 12.7 Å². The van der Waals surface area contributed by atoms with E-state index in [1.807, 2.05) is 0 Å². The third kappa shape index (κ3) is 7.90. The van der Waals surface area contributed by atoms with Crippen LogP contribution in [0.3, 0.4) is 0 Å². The summed E-state index contributed by atoms with van der Waals surface area (Å²) in [5.41, 5.74) is 0. The third-order valence-corrected chi connectivity index (χ3v) is 4.25. The molecule has 8 nitrogen and oxygen atoms in total. The molecule has 1 heterocycles. The second kappa shape index (κ2) is 11.4. The quantitative estimate of drug-likeness (QED) is 0.228. The summed E-state index contributed by atoms with van der Waals surface area (Å²) in [6.45, 7) is 8.03. The van der Waals surface area contributed by atoms with Gasteiger partial charge in [-0.25, -0.2) is 4.99 Å². The topological polar surface area (TPSA) is 80.3 Å². The zero-order valence-corrected chi connectivity index (χ0v) is 18.1. The van der Waals surface area contributed by atoms with E-state index in [9.17, 15) is 9.59 Å². The van der Waals surface area contributed by atoms with Crippen LogP contribution in [-0.4, -0.2) is 98.4 Å². The van der Waals surface area contributed by atoms with E-state index in [0.717, 1.165) is 45.0 Å². The molecule has 0 atom stereocenters. The maximum Gasteiger partial charge on any atom is 0.243 e. The molecule has 0 aromatic carbocycles. The standard InChI is InChI=1S/C17H30N6O2.HI/c1-4-7-18-17(19-12-16(25)21(2)3)23-10-8-22(9-11-23)13-15(24)20-14-5-6-14;/h4,14H,1,5-13H2,2-3H3,(H,18,19)(H,20,24);1H. The van der Waals surface area contributed by atoms with Gasteiger partial charge in [0.25, 0.3) is 0 Å². The van der Waals surface area contributed by atoms with Gasteiger partial charge in [-0.1, -0.05) is 6.08 Å². The minimum Gasteiger partial charge on any atom is -0.353 e. The monoisotopic (exact) mass is 478 g/mol. The molecule has 0 aromatic heterocycles. The number of hydrogen-bond acceptors (Lipinski definition) is 4. The molecule has 0 bridgehead atoms. The summed E-state index contributed by atoms with van der Waals surface area (Å²) in [4.78, 5) is 33.9. The number of likely N-dealkylation sites (N-methyl/N-ethyl adjacent to an activating group) is 1. The SMILES string of the molecule is C=CCNC(=NCC(=O)N(C)C)N1CCN(CC(=O)NC2CC2)CC1.I. The lowest BCUT2D eigenvalue weighted by Gasteiger charge is -2.36. The molecule has 2 N–H and O–H groups in total. The summed E-state index contributed by atoms with van der Waals surface area (Å²) < 4.78 is 0. The molecular weight excluding hydrogens is 447 g/mol. The Hall–Kier alpha value is -1.36. The van der Waals surface area contributed by atoms with Crippen molar-refractivity contribution in [2.75, 3.05) is 59.9 Å². The molecule has 0 unspecified atom stereocenters. The number of piperazine rings is 1. The average Bonchev–Trinajstić information content (AvgIpc) is 3.39. The lowest BCUT2D eigenvalue weighted by Crippen LogP contribution is -2.54. The molecule has 9 heteroatoms. The summed E-state index contributed by atoms with van der Waals surface area (Å²) >= 11 is 0. The fourth-order valence-electron chi connectivity index (χ4n) is 2.54. The van der Waals surface area contributed by atoms with Crippen LogP contribution in [0.4, 0.5) is 0 Å². The van der Waals surface area contributed by atoms with Gasteiger partial charge in [-0.3, -0.25) is 14.5 Å². The van der Waals surface area contributed by atoms with Crippen molar-refractivity contribution in [1.29, 1.82) is 0 Å². The van der Waals surface area contributed by atoms with Crippen molar-refractivity contribution in [2.24, 2.45) is 4.99 Å². The highest BCUT2D eigenvalue weighted by molar-refractivity contribution is 14.0. The smallest absolute Gasteiger partial charge is 0.243 e. The Labute approximate surface area is 173 Å². The van der Waals surface area contributed by atoms with Crippen LogP contribution in [0.5, 0.6) is 0 Å². The molecular formula is C17H31IN6O2. The van der Waals surface area contributed by atoms with Crippen LogP contribution in [0.1, 0.15) is 12.8 Å². The Balaban J connectivity index is 0.00000338. The second-order valence-corrected chi connectivity index (χ2v) is 6.70. The number of hydrogen-bond donors (Lipinski definition) is 2. The molecule has 0 spiro atoms. The van der Waals surface area contributed by atoms with E-state index in [4.69, 9.17) is 0 Å². The van der Waals surface area contributed by atoms with Crippen LogP contribution >= 0.6 is 24.0 Å². The minimum absolute atomic E-state index is 0. The first-order valence-electron chi connectivity index (χ1n) is 8.85. The zero-order chi connectivity index (χ0) is 18.2. The van der Waals surface area contributed by atoms with Crippen LogP contribution in [0.2, 0.25) is 0 Å². The van der Waals surface area contributed by atoms with Crippen LogP contribution < -0.4 is 10.6 Å². The first-order valence-corrected chi connectivity index (χ1v) is 8.85. The number of amides is 2. The van der Waals surface area contributed by atoms with Crippen molar-refractivity contribution in [3.8, 4) is 0 Å². The number of halogens is 1. The van der Waals surface area contributed by atoms with Crippen LogP contribution in [-0.2, 0) is 9.59 Å². The van der Waals surface area contributed by atoms with E-state index >= 15 is 0 Å². The van der Waals surface area contributed by atoms with Gasteiger partial charge >= 0.3 is 0 Å². The normalized spacial score (nSPS) is 17.9. The van der Waals surface area contributed by atoms with Crippen molar-refractivity contribution in [1.82, 2.24) is 25.3 Å². The van der Waals surface area contributed by atoms with E-state index in [1.165, 1.54) is 4.90 Å². The molecule has 0 aromatic rings. The van der Waals surface area contributed by atoms with E-state index < -0.39 is 0 Å². The number of aliphatic imine (C=N–C) groups is 1. The summed E-state index contributed by atoms with van der Waals surface area (Å²) in [7, 11) is 3.44. The largest absolute Gasteiger partial charge is 0.353 e. The van der Waals surface area contributed by atoms with Gasteiger partial charge in [0, 0.05) is 52.9 Å². The Bertz CT molecular complexity index is 513. The van der Waals surface area contributed by atoms with Crippen LogP contribution in [0, 0.1) is 0 Å². The summed E-state index contributed by atoms with van der Waals surface area (Å²) in [5.74, 6) is 0.802. The predicted molar refractivity (Wildman–Crippen MR) is 114 cm³/mol. The molecule has 2 rings (SSSR count). The van der Waals surface area contributed by atoms with Gasteiger partial charge < -0.3 is 20.4 Å². The maximum absolute atomic E-state index is 11.9. The Morgan fingerprint density at radius 1 is 1.23 bits per heavy atom. The minimum atomic E-state index is -0.0340. The number of nitrogens with zero attached hydrogens (tertiary/aromatic N) is 4. The number of guanidine groups is 1. The Kier molecular flexibility index (Phi) is 9.92. The van der Waals surface area contributed by atoms with Crippen molar-refractivity contribution in [3.63, 3.8) is 0 Å². The van der Waals surface area contributed by atoms with Crippen molar-refractivity contribution >= 4 is 41.8 Å². The molecule has 1 saturated heterocycles. The van der Waals surface area contributed by atoms with Gasteiger partial charge in [-0.15, -0.1) is 30.6 Å². The molecule has 2 amide bonds. The van der Waals surface area contributed by atoms with Crippen LogP contribution in [0.25, 0.3) is 0 Å². The fraction of sp³-hybridized carbons (Fsp3) is 0.706. The average molecular weight is 478 g/mol. The van der Waals surface area contributed by atoms with Crippen molar-refractivity contribution < 1.29 is 9.59 Å². The highest BCUT2D eigenvalue weighted by Crippen LogP contribution is 2.18. The number of nitrogens with one attached hydrogen (secondary N) is 2. The molecule has 1 saturated carbocycles. The van der Waals surface area contributed by atoms with Crippen LogP contribution in [0.15, 0.2) is 17.6 Å².